The van der Waals surface area contributed by atoms with Crippen LogP contribution in [-0.4, -0.2) is 79.3 Å². The molecule has 0 N–H and O–H groups in total. The fourth-order valence-electron chi connectivity index (χ4n) is 5.49. The molecule has 2 aliphatic heterocycles. The van der Waals surface area contributed by atoms with Crippen LogP contribution in [0.15, 0.2) is 0 Å². The molecule has 0 spiro atoms. The number of piperidine rings is 1. The van der Waals surface area contributed by atoms with Crippen LogP contribution in [0.2, 0.25) is 0 Å². The molecule has 29 heavy (non-hydrogen) atoms. The van der Waals surface area contributed by atoms with E-state index < -0.39 is 0 Å². The minimum Gasteiger partial charge on any atom is -0.342 e. The van der Waals surface area contributed by atoms with Gasteiger partial charge in [-0.25, -0.2) is 0 Å². The number of nitrogens with zero attached hydrogens (tertiary/aromatic N) is 3. The van der Waals surface area contributed by atoms with E-state index in [-0.39, 0.29) is 11.8 Å². The summed E-state index contributed by atoms with van der Waals surface area (Å²) in [6, 6.07) is 0. The molecule has 0 unspecified atom stereocenters. The summed E-state index contributed by atoms with van der Waals surface area (Å²) in [5, 5.41) is 0. The molecule has 0 aromatic heterocycles. The number of hydrogen-bond acceptors (Lipinski definition) is 4. The van der Waals surface area contributed by atoms with Gasteiger partial charge in [-0.15, -0.1) is 0 Å². The van der Waals surface area contributed by atoms with Crippen LogP contribution >= 0.6 is 0 Å². The van der Waals surface area contributed by atoms with Crippen molar-refractivity contribution in [1.29, 1.82) is 0 Å². The number of amides is 1. The Morgan fingerprint density at radius 1 is 0.793 bits per heavy atom. The molecule has 3 fully saturated rings. The van der Waals surface area contributed by atoms with Crippen molar-refractivity contribution in [1.82, 2.24) is 14.7 Å². The molecular weight excluding hydrogens is 362 g/mol. The molecule has 0 radical (unpaired) electrons. The Morgan fingerprint density at radius 2 is 1.41 bits per heavy atom. The summed E-state index contributed by atoms with van der Waals surface area (Å²) in [4.78, 5) is 32.0. The second-order valence-electron chi connectivity index (χ2n) is 9.78. The van der Waals surface area contributed by atoms with Gasteiger partial charge in [-0.05, 0) is 64.5 Å². The Hall–Kier alpha value is -0.940. The molecule has 2 heterocycles. The van der Waals surface area contributed by atoms with Gasteiger partial charge in [0.05, 0.1) is 0 Å². The monoisotopic (exact) mass is 405 g/mol. The lowest BCUT2D eigenvalue weighted by Gasteiger charge is -2.36. The van der Waals surface area contributed by atoms with Crippen molar-refractivity contribution < 1.29 is 9.59 Å². The molecule has 5 heteroatoms. The van der Waals surface area contributed by atoms with Crippen molar-refractivity contribution in [3.05, 3.63) is 0 Å². The SMILES string of the molecule is CCC(=O)C1CCC(C(=O)N2CCC(CCCCN3CCN(C)CC3)CC2)CC1. The lowest BCUT2D eigenvalue weighted by molar-refractivity contribution is -0.139. The van der Waals surface area contributed by atoms with E-state index in [0.29, 0.717) is 18.1 Å². The fourth-order valence-corrected chi connectivity index (χ4v) is 5.49. The van der Waals surface area contributed by atoms with Crippen molar-refractivity contribution in [3.8, 4) is 0 Å². The third kappa shape index (κ3) is 6.78. The molecule has 166 valence electrons. The maximum atomic E-state index is 12.9. The summed E-state index contributed by atoms with van der Waals surface area (Å²) in [5.74, 6) is 1.98. The van der Waals surface area contributed by atoms with Crippen LogP contribution in [0.1, 0.15) is 71.1 Å². The fraction of sp³-hybridized carbons (Fsp3) is 0.917. The van der Waals surface area contributed by atoms with Gasteiger partial charge in [0.25, 0.3) is 0 Å². The van der Waals surface area contributed by atoms with Crippen molar-refractivity contribution in [3.63, 3.8) is 0 Å². The van der Waals surface area contributed by atoms with Gasteiger partial charge in [0.2, 0.25) is 5.91 Å². The van der Waals surface area contributed by atoms with Crippen LogP contribution in [0, 0.1) is 17.8 Å². The molecule has 0 atom stereocenters. The molecule has 0 bridgehead atoms. The van der Waals surface area contributed by atoms with Crippen LogP contribution in [0.3, 0.4) is 0 Å². The van der Waals surface area contributed by atoms with E-state index in [4.69, 9.17) is 0 Å². The normalized spacial score (nSPS) is 27.9. The second-order valence-corrected chi connectivity index (χ2v) is 9.78. The number of piperazine rings is 1. The average molecular weight is 406 g/mol. The zero-order chi connectivity index (χ0) is 20.6. The van der Waals surface area contributed by atoms with Crippen molar-refractivity contribution in [2.45, 2.75) is 71.1 Å². The molecule has 2 saturated heterocycles. The molecule has 3 rings (SSSR count). The second kappa shape index (κ2) is 11.5. The van der Waals surface area contributed by atoms with E-state index in [0.717, 1.165) is 44.7 Å². The predicted octanol–water partition coefficient (Wildman–Crippen LogP) is 3.43. The molecule has 0 aromatic carbocycles. The lowest BCUT2D eigenvalue weighted by atomic mass is 9.78. The van der Waals surface area contributed by atoms with Crippen molar-refractivity contribution in [2.24, 2.45) is 17.8 Å². The van der Waals surface area contributed by atoms with Crippen LogP contribution < -0.4 is 0 Å². The number of carbonyl (C=O) groups is 2. The van der Waals surface area contributed by atoms with Crippen LogP contribution in [0.25, 0.3) is 0 Å². The number of unbranched alkanes of at least 4 members (excludes halogenated alkanes) is 1. The topological polar surface area (TPSA) is 43.9 Å². The van der Waals surface area contributed by atoms with Crippen LogP contribution in [0.4, 0.5) is 0 Å². The zero-order valence-corrected chi connectivity index (χ0v) is 18.9. The highest BCUT2D eigenvalue weighted by atomic mass is 16.2. The van der Waals surface area contributed by atoms with Crippen LogP contribution in [0.5, 0.6) is 0 Å². The molecule has 5 nitrogen and oxygen atoms in total. The third-order valence-electron chi connectivity index (χ3n) is 7.74. The highest BCUT2D eigenvalue weighted by Gasteiger charge is 2.32. The largest absolute Gasteiger partial charge is 0.342 e. The Bertz CT molecular complexity index is 514. The molecule has 1 aliphatic carbocycles. The van der Waals surface area contributed by atoms with Crippen molar-refractivity contribution in [2.75, 3.05) is 52.9 Å². The van der Waals surface area contributed by atoms with E-state index in [1.165, 1.54) is 64.8 Å². The molecular formula is C24H43N3O2. The Kier molecular flexibility index (Phi) is 8.98. The Balaban J connectivity index is 1.27. The zero-order valence-electron chi connectivity index (χ0n) is 18.9. The Morgan fingerprint density at radius 3 is 2.03 bits per heavy atom. The number of Topliss-reactive ketones (excluding diaryl/α,β-unsaturated/α-hetero) is 1. The van der Waals surface area contributed by atoms with Gasteiger partial charge in [-0.1, -0.05) is 19.8 Å². The van der Waals surface area contributed by atoms with Crippen molar-refractivity contribution >= 4 is 11.7 Å². The first-order valence-electron chi connectivity index (χ1n) is 12.3. The summed E-state index contributed by atoms with van der Waals surface area (Å²) in [6.45, 7) is 10.00. The van der Waals surface area contributed by atoms with Gasteiger partial charge in [-0.2, -0.15) is 0 Å². The summed E-state index contributed by atoms with van der Waals surface area (Å²) >= 11 is 0. The highest BCUT2D eigenvalue weighted by Crippen LogP contribution is 2.32. The number of rotatable bonds is 8. The number of likely N-dealkylation sites (tertiary alicyclic amines) is 1. The highest BCUT2D eigenvalue weighted by molar-refractivity contribution is 5.82. The lowest BCUT2D eigenvalue weighted by Crippen LogP contribution is -2.44. The van der Waals surface area contributed by atoms with Gasteiger partial charge in [-0.3, -0.25) is 9.59 Å². The van der Waals surface area contributed by atoms with E-state index in [9.17, 15) is 9.59 Å². The standard InChI is InChI=1S/C24H43N3O2/c1-3-23(28)21-7-9-22(10-8-21)24(29)27-14-11-20(12-15-27)6-4-5-13-26-18-16-25(2)17-19-26/h20-22H,3-19H2,1-2H3. The molecule has 1 saturated carbocycles. The maximum absolute atomic E-state index is 12.9. The number of ketones is 1. The summed E-state index contributed by atoms with van der Waals surface area (Å²) in [6.07, 6.45) is 10.7. The van der Waals surface area contributed by atoms with E-state index in [1.807, 2.05) is 6.92 Å². The van der Waals surface area contributed by atoms with Gasteiger partial charge >= 0.3 is 0 Å². The van der Waals surface area contributed by atoms with Crippen LogP contribution in [-0.2, 0) is 9.59 Å². The minimum absolute atomic E-state index is 0.177. The predicted molar refractivity (Wildman–Crippen MR) is 118 cm³/mol. The van der Waals surface area contributed by atoms with E-state index in [2.05, 4.69) is 21.7 Å². The Labute approximate surface area is 178 Å². The van der Waals surface area contributed by atoms with Gasteiger partial charge in [0.15, 0.2) is 0 Å². The number of carbonyl (C=O) groups excluding carboxylic acids is 2. The number of likely N-dealkylation sites (N-methyl/N-ethyl adjacent to an activating group) is 1. The van der Waals surface area contributed by atoms with Gasteiger partial charge < -0.3 is 14.7 Å². The van der Waals surface area contributed by atoms with Gasteiger partial charge in [0, 0.05) is 57.5 Å². The molecule has 1 amide bonds. The quantitative estimate of drug-likeness (QED) is 0.580. The van der Waals surface area contributed by atoms with Gasteiger partial charge in [0.1, 0.15) is 5.78 Å². The first-order valence-corrected chi connectivity index (χ1v) is 12.3. The summed E-state index contributed by atoms with van der Waals surface area (Å²) in [7, 11) is 2.22. The first kappa shape index (κ1) is 22.7. The first-order chi connectivity index (χ1) is 14.1. The maximum Gasteiger partial charge on any atom is 0.225 e. The summed E-state index contributed by atoms with van der Waals surface area (Å²) < 4.78 is 0. The minimum atomic E-state index is 0.177. The molecule has 0 aromatic rings. The third-order valence-corrected chi connectivity index (χ3v) is 7.74. The average Bonchev–Trinajstić information content (AvgIpc) is 2.77. The molecule has 3 aliphatic rings. The number of hydrogen-bond donors (Lipinski definition) is 0. The summed E-state index contributed by atoms with van der Waals surface area (Å²) in [5.41, 5.74) is 0. The van der Waals surface area contributed by atoms with E-state index >= 15 is 0 Å². The smallest absolute Gasteiger partial charge is 0.225 e. The van der Waals surface area contributed by atoms with E-state index in [1.54, 1.807) is 0 Å².